The van der Waals surface area contributed by atoms with Gasteiger partial charge in [0, 0.05) is 6.42 Å². The maximum atomic E-state index is 10.9. The van der Waals surface area contributed by atoms with E-state index in [1.807, 2.05) is 19.1 Å². The number of rotatable bonds is 5. The van der Waals surface area contributed by atoms with Crippen molar-refractivity contribution in [2.75, 3.05) is 7.11 Å². The van der Waals surface area contributed by atoms with Gasteiger partial charge < -0.3 is 9.84 Å². The third-order valence-electron chi connectivity index (χ3n) is 4.96. The Kier molecular flexibility index (Phi) is 5.09. The fourth-order valence-electron chi connectivity index (χ4n) is 3.53. The minimum atomic E-state index is -0.595. The molecule has 0 aromatic heterocycles. The van der Waals surface area contributed by atoms with Gasteiger partial charge >= 0.3 is 0 Å². The lowest BCUT2D eigenvalue weighted by Crippen LogP contribution is -2.39. The fraction of sp³-hybridized carbons (Fsp3) is 0.667. The molecule has 0 heterocycles. The number of benzene rings is 1. The fourth-order valence-corrected chi connectivity index (χ4v) is 3.53. The maximum Gasteiger partial charge on any atom is 0.118 e. The molecular formula is C18H28O2. The highest BCUT2D eigenvalue weighted by Gasteiger charge is 2.35. The molecule has 1 aromatic rings. The van der Waals surface area contributed by atoms with Crippen LogP contribution in [0.3, 0.4) is 0 Å². The predicted octanol–water partition coefficient (Wildman–Crippen LogP) is 4.21. The Balaban J connectivity index is 2.01. The van der Waals surface area contributed by atoms with E-state index in [2.05, 4.69) is 19.1 Å². The van der Waals surface area contributed by atoms with Crippen LogP contribution in [0.25, 0.3) is 0 Å². The molecule has 1 N–H and O–H groups in total. The van der Waals surface area contributed by atoms with Gasteiger partial charge in [0.2, 0.25) is 0 Å². The first-order chi connectivity index (χ1) is 9.55. The normalized spacial score (nSPS) is 26.0. The lowest BCUT2D eigenvalue weighted by Gasteiger charge is -2.38. The number of hydrogen-bond acceptors (Lipinski definition) is 2. The number of methoxy groups -OCH3 is 1. The van der Waals surface area contributed by atoms with Gasteiger partial charge in [-0.25, -0.2) is 0 Å². The summed E-state index contributed by atoms with van der Waals surface area (Å²) in [6, 6.07) is 8.07. The van der Waals surface area contributed by atoms with E-state index in [1.54, 1.807) is 7.11 Å². The summed E-state index contributed by atoms with van der Waals surface area (Å²) >= 11 is 0. The summed E-state index contributed by atoms with van der Waals surface area (Å²) in [7, 11) is 1.68. The van der Waals surface area contributed by atoms with Gasteiger partial charge in [-0.1, -0.05) is 38.3 Å². The van der Waals surface area contributed by atoms with Crippen LogP contribution in [0.1, 0.15) is 51.5 Å². The molecule has 2 nitrogen and oxygen atoms in total. The Bertz CT molecular complexity index is 408. The van der Waals surface area contributed by atoms with Crippen molar-refractivity contribution in [1.29, 1.82) is 0 Å². The second-order valence-corrected chi connectivity index (χ2v) is 6.52. The van der Waals surface area contributed by atoms with Crippen LogP contribution in [0.4, 0.5) is 0 Å². The third-order valence-corrected chi connectivity index (χ3v) is 4.96. The molecule has 0 bridgehead atoms. The molecule has 2 rings (SSSR count). The Hall–Kier alpha value is -1.02. The highest BCUT2D eigenvalue weighted by molar-refractivity contribution is 5.28. The first kappa shape index (κ1) is 15.4. The van der Waals surface area contributed by atoms with E-state index in [-0.39, 0.29) is 0 Å². The standard InChI is InChI=1S/C18H28O2/c1-4-14-6-5-7-16(12-14)18(2,19)13-15-8-10-17(20-3)11-9-15/h8-11,14,16,19H,4-7,12-13H2,1-3H3. The smallest absolute Gasteiger partial charge is 0.118 e. The summed E-state index contributed by atoms with van der Waals surface area (Å²) in [4.78, 5) is 0. The summed E-state index contributed by atoms with van der Waals surface area (Å²) in [5, 5.41) is 10.9. The van der Waals surface area contributed by atoms with Crippen LogP contribution in [0, 0.1) is 11.8 Å². The summed E-state index contributed by atoms with van der Waals surface area (Å²) in [6.45, 7) is 4.28. The molecule has 0 saturated heterocycles. The van der Waals surface area contributed by atoms with Crippen molar-refractivity contribution in [3.63, 3.8) is 0 Å². The van der Waals surface area contributed by atoms with Gasteiger partial charge in [0.1, 0.15) is 5.75 Å². The second-order valence-electron chi connectivity index (χ2n) is 6.52. The van der Waals surface area contributed by atoms with E-state index in [4.69, 9.17) is 4.74 Å². The monoisotopic (exact) mass is 276 g/mol. The average molecular weight is 276 g/mol. The molecule has 20 heavy (non-hydrogen) atoms. The molecule has 2 heteroatoms. The van der Waals surface area contributed by atoms with Crippen molar-refractivity contribution in [3.05, 3.63) is 29.8 Å². The van der Waals surface area contributed by atoms with Gasteiger partial charge in [0.15, 0.2) is 0 Å². The molecule has 0 aliphatic heterocycles. The third kappa shape index (κ3) is 3.76. The Labute approximate surface area is 123 Å². The SMILES string of the molecule is CCC1CCCC(C(C)(O)Cc2ccc(OC)cc2)C1. The zero-order valence-electron chi connectivity index (χ0n) is 13.1. The predicted molar refractivity (Wildman–Crippen MR) is 83.1 cm³/mol. The number of ether oxygens (including phenoxy) is 1. The average Bonchev–Trinajstić information content (AvgIpc) is 2.48. The van der Waals surface area contributed by atoms with Crippen LogP contribution in [0.2, 0.25) is 0 Å². The summed E-state index contributed by atoms with van der Waals surface area (Å²) in [5.74, 6) is 2.11. The minimum Gasteiger partial charge on any atom is -0.497 e. The van der Waals surface area contributed by atoms with Crippen molar-refractivity contribution in [1.82, 2.24) is 0 Å². The molecule has 1 aliphatic rings. The molecule has 3 unspecified atom stereocenters. The number of hydrogen-bond donors (Lipinski definition) is 1. The van der Waals surface area contributed by atoms with E-state index < -0.39 is 5.60 Å². The van der Waals surface area contributed by atoms with E-state index in [0.29, 0.717) is 5.92 Å². The molecule has 1 fully saturated rings. The van der Waals surface area contributed by atoms with Crippen molar-refractivity contribution in [2.45, 2.75) is 58.0 Å². The Morgan fingerprint density at radius 3 is 2.55 bits per heavy atom. The van der Waals surface area contributed by atoms with Gasteiger partial charge in [-0.15, -0.1) is 0 Å². The molecule has 3 atom stereocenters. The van der Waals surface area contributed by atoms with E-state index >= 15 is 0 Å². The minimum absolute atomic E-state index is 0.434. The molecule has 1 saturated carbocycles. The Morgan fingerprint density at radius 2 is 1.95 bits per heavy atom. The largest absolute Gasteiger partial charge is 0.497 e. The van der Waals surface area contributed by atoms with Crippen LogP contribution < -0.4 is 4.74 Å². The zero-order valence-corrected chi connectivity index (χ0v) is 13.1. The molecule has 1 aromatic carbocycles. The van der Waals surface area contributed by atoms with Crippen LogP contribution in [0.15, 0.2) is 24.3 Å². The molecule has 0 spiro atoms. The van der Waals surface area contributed by atoms with Crippen LogP contribution in [0.5, 0.6) is 5.75 Å². The van der Waals surface area contributed by atoms with Crippen LogP contribution >= 0.6 is 0 Å². The van der Waals surface area contributed by atoms with Crippen molar-refractivity contribution >= 4 is 0 Å². The summed E-state index contributed by atoms with van der Waals surface area (Å²) < 4.78 is 5.18. The van der Waals surface area contributed by atoms with Gasteiger partial charge in [-0.2, -0.15) is 0 Å². The first-order valence-electron chi connectivity index (χ1n) is 7.90. The van der Waals surface area contributed by atoms with Gasteiger partial charge in [0.05, 0.1) is 12.7 Å². The highest BCUT2D eigenvalue weighted by atomic mass is 16.5. The second kappa shape index (κ2) is 6.62. The molecule has 0 radical (unpaired) electrons. The number of aliphatic hydroxyl groups is 1. The van der Waals surface area contributed by atoms with E-state index in [0.717, 1.165) is 18.1 Å². The topological polar surface area (TPSA) is 29.5 Å². The first-order valence-corrected chi connectivity index (χ1v) is 7.90. The Morgan fingerprint density at radius 1 is 1.25 bits per heavy atom. The van der Waals surface area contributed by atoms with Gasteiger partial charge in [0.25, 0.3) is 0 Å². The molecular weight excluding hydrogens is 248 g/mol. The lowest BCUT2D eigenvalue weighted by atomic mass is 9.71. The molecule has 0 amide bonds. The van der Waals surface area contributed by atoms with Crippen molar-refractivity contribution in [2.24, 2.45) is 11.8 Å². The summed E-state index contributed by atoms with van der Waals surface area (Å²) in [6.07, 6.45) is 6.93. The zero-order chi connectivity index (χ0) is 14.6. The molecule has 112 valence electrons. The van der Waals surface area contributed by atoms with Crippen molar-refractivity contribution in [3.8, 4) is 5.75 Å². The summed E-state index contributed by atoms with van der Waals surface area (Å²) in [5.41, 5.74) is 0.594. The molecule has 1 aliphatic carbocycles. The van der Waals surface area contributed by atoms with Gasteiger partial charge in [-0.05, 0) is 49.3 Å². The lowest BCUT2D eigenvalue weighted by molar-refractivity contribution is -0.0256. The highest BCUT2D eigenvalue weighted by Crippen LogP contribution is 2.38. The van der Waals surface area contributed by atoms with Crippen molar-refractivity contribution < 1.29 is 9.84 Å². The van der Waals surface area contributed by atoms with E-state index in [9.17, 15) is 5.11 Å². The van der Waals surface area contributed by atoms with Crippen LogP contribution in [-0.2, 0) is 6.42 Å². The quantitative estimate of drug-likeness (QED) is 0.873. The van der Waals surface area contributed by atoms with Crippen LogP contribution in [-0.4, -0.2) is 17.8 Å². The van der Waals surface area contributed by atoms with Gasteiger partial charge in [-0.3, -0.25) is 0 Å². The van der Waals surface area contributed by atoms with E-state index in [1.165, 1.54) is 37.7 Å². The maximum absolute atomic E-state index is 10.9.